The van der Waals surface area contributed by atoms with E-state index in [1.54, 1.807) is 0 Å². The molecule has 0 heterocycles. The fourth-order valence-corrected chi connectivity index (χ4v) is 0.767. The molecule has 0 saturated carbocycles. The zero-order valence-electron chi connectivity index (χ0n) is 4.88. The molecule has 1 aliphatic rings. The molecule has 0 aromatic rings. The zero-order chi connectivity index (χ0) is 5.82. The van der Waals surface area contributed by atoms with Crippen molar-refractivity contribution < 1.29 is 0 Å². The predicted molar refractivity (Wildman–Crippen MR) is 35.5 cm³/mol. The first kappa shape index (κ1) is 5.57. The monoisotopic (exact) mass is 109 g/mol. The van der Waals surface area contributed by atoms with Gasteiger partial charge in [-0.3, -0.25) is 0 Å². The van der Waals surface area contributed by atoms with Crippen LogP contribution < -0.4 is 5.73 Å². The molecule has 1 aliphatic carbocycles. The summed E-state index contributed by atoms with van der Waals surface area (Å²) in [6, 6.07) is 0.282. The van der Waals surface area contributed by atoms with E-state index in [1.807, 2.05) is 18.2 Å². The van der Waals surface area contributed by atoms with Gasteiger partial charge in [0.05, 0.1) is 0 Å². The Kier molecular flexibility index (Phi) is 1.86. The maximum absolute atomic E-state index is 5.61. The van der Waals surface area contributed by atoms with Crippen molar-refractivity contribution in [2.24, 2.45) is 5.73 Å². The van der Waals surface area contributed by atoms with Crippen LogP contribution in [0.1, 0.15) is 12.8 Å². The summed E-state index contributed by atoms with van der Waals surface area (Å²) < 4.78 is 0. The molecule has 0 amide bonds. The number of nitrogens with two attached hydrogens (primary N) is 1. The lowest BCUT2D eigenvalue weighted by Crippen LogP contribution is -2.14. The Hall–Kier alpha value is -0.560. The Morgan fingerprint density at radius 3 is 3.12 bits per heavy atom. The predicted octanol–water partition coefficient (Wildman–Crippen LogP) is 1.22. The maximum atomic E-state index is 5.61. The second-order valence-electron chi connectivity index (χ2n) is 2.05. The zero-order valence-corrected chi connectivity index (χ0v) is 4.88. The molecule has 0 saturated heterocycles. The largest absolute Gasteiger partial charge is 0.324 e. The van der Waals surface area contributed by atoms with Crippen molar-refractivity contribution in [3.8, 4) is 0 Å². The second-order valence-corrected chi connectivity index (χ2v) is 2.05. The van der Waals surface area contributed by atoms with Gasteiger partial charge in [0.2, 0.25) is 0 Å². The highest BCUT2D eigenvalue weighted by Crippen LogP contribution is 2.01. The summed E-state index contributed by atoms with van der Waals surface area (Å²) >= 11 is 0. The Morgan fingerprint density at radius 1 is 1.38 bits per heavy atom. The summed E-state index contributed by atoms with van der Waals surface area (Å²) in [5.41, 5.74) is 5.61. The van der Waals surface area contributed by atoms with E-state index in [4.69, 9.17) is 5.73 Å². The third-order valence-corrected chi connectivity index (χ3v) is 1.27. The first-order valence-electron chi connectivity index (χ1n) is 2.98. The van der Waals surface area contributed by atoms with E-state index in [2.05, 4.69) is 6.08 Å². The molecule has 44 valence electrons. The van der Waals surface area contributed by atoms with E-state index in [1.165, 1.54) is 0 Å². The average molecular weight is 109 g/mol. The minimum absolute atomic E-state index is 0.282. The number of allylic oxidation sites excluding steroid dienone is 3. The van der Waals surface area contributed by atoms with Gasteiger partial charge < -0.3 is 5.73 Å². The van der Waals surface area contributed by atoms with Crippen molar-refractivity contribution in [3.05, 3.63) is 24.3 Å². The van der Waals surface area contributed by atoms with Gasteiger partial charge in [-0.15, -0.1) is 0 Å². The van der Waals surface area contributed by atoms with Crippen LogP contribution in [0.5, 0.6) is 0 Å². The summed E-state index contributed by atoms with van der Waals surface area (Å²) in [5, 5.41) is 0. The average Bonchev–Trinajstić information content (AvgIpc) is 1.94. The summed E-state index contributed by atoms with van der Waals surface area (Å²) in [4.78, 5) is 0. The van der Waals surface area contributed by atoms with Gasteiger partial charge in [-0.1, -0.05) is 24.3 Å². The molecule has 0 aromatic carbocycles. The van der Waals surface area contributed by atoms with E-state index in [9.17, 15) is 0 Å². The smallest absolute Gasteiger partial charge is 0.0229 e. The molecule has 0 radical (unpaired) electrons. The maximum Gasteiger partial charge on any atom is 0.0229 e. The molecule has 1 nitrogen and oxygen atoms in total. The van der Waals surface area contributed by atoms with Gasteiger partial charge in [-0.25, -0.2) is 0 Å². The van der Waals surface area contributed by atoms with Crippen LogP contribution in [0.4, 0.5) is 0 Å². The SMILES string of the molecule is NC1C=CC=CCC1. The normalized spacial score (nSPS) is 27.9. The van der Waals surface area contributed by atoms with Gasteiger partial charge in [0, 0.05) is 6.04 Å². The molecule has 1 rings (SSSR count). The van der Waals surface area contributed by atoms with E-state index in [0.717, 1.165) is 12.8 Å². The molecule has 0 fully saturated rings. The minimum Gasteiger partial charge on any atom is -0.324 e. The first-order valence-corrected chi connectivity index (χ1v) is 2.98. The Balaban J connectivity index is 2.46. The number of rotatable bonds is 0. The van der Waals surface area contributed by atoms with Crippen LogP contribution in [0, 0.1) is 0 Å². The van der Waals surface area contributed by atoms with Crippen molar-refractivity contribution in [3.63, 3.8) is 0 Å². The molecule has 2 N–H and O–H groups in total. The lowest BCUT2D eigenvalue weighted by Gasteiger charge is -1.98. The van der Waals surface area contributed by atoms with Gasteiger partial charge in [0.15, 0.2) is 0 Å². The quantitative estimate of drug-likeness (QED) is 0.497. The highest BCUT2D eigenvalue weighted by molar-refractivity contribution is 5.08. The van der Waals surface area contributed by atoms with Gasteiger partial charge in [-0.2, -0.15) is 0 Å². The summed E-state index contributed by atoms with van der Waals surface area (Å²) in [6.07, 6.45) is 10.4. The molecule has 0 aromatic heterocycles. The summed E-state index contributed by atoms with van der Waals surface area (Å²) in [6.45, 7) is 0. The van der Waals surface area contributed by atoms with Crippen LogP contribution >= 0.6 is 0 Å². The van der Waals surface area contributed by atoms with Crippen molar-refractivity contribution in [1.82, 2.24) is 0 Å². The van der Waals surface area contributed by atoms with Gasteiger partial charge in [0.25, 0.3) is 0 Å². The fraction of sp³-hybridized carbons (Fsp3) is 0.429. The van der Waals surface area contributed by atoms with E-state index >= 15 is 0 Å². The molecular formula is C7H11N. The molecule has 0 bridgehead atoms. The van der Waals surface area contributed by atoms with Crippen molar-refractivity contribution in [2.45, 2.75) is 18.9 Å². The van der Waals surface area contributed by atoms with Crippen LogP contribution in [0.25, 0.3) is 0 Å². The van der Waals surface area contributed by atoms with E-state index in [-0.39, 0.29) is 6.04 Å². The van der Waals surface area contributed by atoms with Crippen LogP contribution in [0.3, 0.4) is 0 Å². The molecule has 0 spiro atoms. The molecule has 8 heavy (non-hydrogen) atoms. The summed E-state index contributed by atoms with van der Waals surface area (Å²) in [7, 11) is 0. The molecule has 1 unspecified atom stereocenters. The third-order valence-electron chi connectivity index (χ3n) is 1.27. The van der Waals surface area contributed by atoms with Gasteiger partial charge in [0.1, 0.15) is 0 Å². The Labute approximate surface area is 49.9 Å². The van der Waals surface area contributed by atoms with Crippen molar-refractivity contribution >= 4 is 0 Å². The van der Waals surface area contributed by atoms with Crippen LogP contribution in [0.15, 0.2) is 24.3 Å². The third kappa shape index (κ3) is 1.51. The summed E-state index contributed by atoms with van der Waals surface area (Å²) in [5.74, 6) is 0. The second kappa shape index (κ2) is 2.68. The topological polar surface area (TPSA) is 26.0 Å². The van der Waals surface area contributed by atoms with Crippen molar-refractivity contribution in [1.29, 1.82) is 0 Å². The Bertz CT molecular complexity index is 114. The van der Waals surface area contributed by atoms with Crippen molar-refractivity contribution in [2.75, 3.05) is 0 Å². The molecular weight excluding hydrogens is 98.1 g/mol. The van der Waals surface area contributed by atoms with E-state index in [0.29, 0.717) is 0 Å². The lowest BCUT2D eigenvalue weighted by molar-refractivity contribution is 0.739. The molecule has 0 aliphatic heterocycles. The highest BCUT2D eigenvalue weighted by Gasteiger charge is 1.95. The fourth-order valence-electron chi connectivity index (χ4n) is 0.767. The van der Waals surface area contributed by atoms with Gasteiger partial charge in [-0.05, 0) is 12.8 Å². The first-order chi connectivity index (χ1) is 3.89. The van der Waals surface area contributed by atoms with E-state index < -0.39 is 0 Å². The van der Waals surface area contributed by atoms with Crippen LogP contribution in [-0.2, 0) is 0 Å². The van der Waals surface area contributed by atoms with Gasteiger partial charge >= 0.3 is 0 Å². The van der Waals surface area contributed by atoms with Crippen LogP contribution in [-0.4, -0.2) is 6.04 Å². The Morgan fingerprint density at radius 2 is 2.25 bits per heavy atom. The lowest BCUT2D eigenvalue weighted by atomic mass is 10.2. The molecule has 1 heteroatoms. The number of hydrogen-bond acceptors (Lipinski definition) is 1. The minimum atomic E-state index is 0.282. The van der Waals surface area contributed by atoms with Crippen LogP contribution in [0.2, 0.25) is 0 Å². The highest BCUT2D eigenvalue weighted by atomic mass is 14.6. The number of hydrogen-bond donors (Lipinski definition) is 1. The molecule has 1 atom stereocenters. The standard InChI is InChI=1S/C7H11N/c8-7-5-3-1-2-4-6-7/h1-3,5,7H,4,6,8H2.